The van der Waals surface area contributed by atoms with Crippen molar-refractivity contribution in [2.45, 2.75) is 13.0 Å². The highest BCUT2D eigenvalue weighted by molar-refractivity contribution is 14.1. The van der Waals surface area contributed by atoms with Crippen LogP contribution in [0, 0.1) is 3.57 Å². The fourth-order valence-corrected chi connectivity index (χ4v) is 2.29. The number of nitrogens with zero attached hydrogens (tertiary/aromatic N) is 3. The van der Waals surface area contributed by atoms with Gasteiger partial charge < -0.3 is 15.0 Å². The minimum absolute atomic E-state index is 0.0154. The van der Waals surface area contributed by atoms with Crippen molar-refractivity contribution in [3.63, 3.8) is 0 Å². The quantitative estimate of drug-likeness (QED) is 0.734. The molecule has 20 heavy (non-hydrogen) atoms. The summed E-state index contributed by atoms with van der Waals surface area (Å²) in [5.41, 5.74) is 0. The predicted octanol–water partition coefficient (Wildman–Crippen LogP) is 0.0237. The van der Waals surface area contributed by atoms with Gasteiger partial charge in [0.1, 0.15) is 6.04 Å². The fraction of sp³-hybridized carbons (Fsp3) is 0.583. The van der Waals surface area contributed by atoms with Gasteiger partial charge in [0.05, 0.1) is 29.5 Å². The molecule has 2 heterocycles. The zero-order valence-corrected chi connectivity index (χ0v) is 13.4. The standard InChI is InChI=1S/C12H17IN4O3/c1-9(17-8-10(13)6-15-17)12(19)14-7-11(18)16-2-4-20-5-3-16/h6,8-9H,2-5,7H2,1H3,(H,14,19). The molecule has 1 aromatic heterocycles. The number of hydrogen-bond donors (Lipinski definition) is 1. The van der Waals surface area contributed by atoms with Crippen LogP contribution < -0.4 is 5.32 Å². The third-order valence-corrected chi connectivity index (χ3v) is 3.68. The van der Waals surface area contributed by atoms with Gasteiger partial charge in [-0.25, -0.2) is 0 Å². The second-order valence-electron chi connectivity index (χ2n) is 4.53. The van der Waals surface area contributed by atoms with Crippen LogP contribution in [0.15, 0.2) is 12.4 Å². The van der Waals surface area contributed by atoms with E-state index in [0.29, 0.717) is 26.3 Å². The van der Waals surface area contributed by atoms with Crippen LogP contribution in [0.4, 0.5) is 0 Å². The maximum Gasteiger partial charge on any atom is 0.245 e. The summed E-state index contributed by atoms with van der Waals surface area (Å²) in [5.74, 6) is -0.296. The minimum Gasteiger partial charge on any atom is -0.378 e. The number of hydrogen-bond acceptors (Lipinski definition) is 4. The van der Waals surface area contributed by atoms with Gasteiger partial charge in [-0.3, -0.25) is 14.3 Å². The van der Waals surface area contributed by atoms with Gasteiger partial charge in [-0.15, -0.1) is 0 Å². The molecule has 1 N–H and O–H groups in total. The van der Waals surface area contributed by atoms with Crippen molar-refractivity contribution in [1.82, 2.24) is 20.0 Å². The second-order valence-corrected chi connectivity index (χ2v) is 5.77. The molecular formula is C12H17IN4O3. The first-order valence-electron chi connectivity index (χ1n) is 6.41. The molecule has 0 bridgehead atoms. The van der Waals surface area contributed by atoms with Crippen LogP contribution in [0.5, 0.6) is 0 Å². The average Bonchev–Trinajstić information content (AvgIpc) is 2.91. The molecule has 0 radical (unpaired) electrons. The van der Waals surface area contributed by atoms with E-state index in [-0.39, 0.29) is 18.4 Å². The van der Waals surface area contributed by atoms with Gasteiger partial charge in [0.15, 0.2) is 0 Å². The Morgan fingerprint density at radius 2 is 2.20 bits per heavy atom. The summed E-state index contributed by atoms with van der Waals surface area (Å²) < 4.78 is 7.72. The maximum atomic E-state index is 12.0. The highest BCUT2D eigenvalue weighted by atomic mass is 127. The van der Waals surface area contributed by atoms with Gasteiger partial charge in [-0.1, -0.05) is 0 Å². The predicted molar refractivity (Wildman–Crippen MR) is 80.1 cm³/mol. The van der Waals surface area contributed by atoms with Crippen molar-refractivity contribution in [3.8, 4) is 0 Å². The topological polar surface area (TPSA) is 76.5 Å². The van der Waals surface area contributed by atoms with E-state index in [4.69, 9.17) is 4.74 Å². The number of morpholine rings is 1. The Kier molecular flexibility index (Phi) is 5.35. The number of carbonyl (C=O) groups excluding carboxylic acids is 2. The lowest BCUT2D eigenvalue weighted by atomic mass is 10.3. The average molecular weight is 392 g/mol. The summed E-state index contributed by atoms with van der Waals surface area (Å²) >= 11 is 2.13. The normalized spacial score (nSPS) is 16.8. The molecule has 1 saturated heterocycles. The number of rotatable bonds is 4. The molecule has 0 saturated carbocycles. The van der Waals surface area contributed by atoms with Crippen LogP contribution in [0.1, 0.15) is 13.0 Å². The summed E-state index contributed by atoms with van der Waals surface area (Å²) in [6.45, 7) is 4.05. The molecular weight excluding hydrogens is 375 g/mol. The molecule has 2 rings (SSSR count). The maximum absolute atomic E-state index is 12.0. The largest absolute Gasteiger partial charge is 0.378 e. The molecule has 110 valence electrons. The van der Waals surface area contributed by atoms with E-state index in [1.54, 1.807) is 28.9 Å². The number of carbonyl (C=O) groups is 2. The SMILES string of the molecule is CC(C(=O)NCC(=O)N1CCOCC1)n1cc(I)cn1. The summed E-state index contributed by atoms with van der Waals surface area (Å²) in [6.07, 6.45) is 3.47. The van der Waals surface area contributed by atoms with E-state index in [1.165, 1.54) is 0 Å². The molecule has 1 unspecified atom stereocenters. The fourth-order valence-electron chi connectivity index (χ4n) is 1.88. The Morgan fingerprint density at radius 3 is 2.80 bits per heavy atom. The van der Waals surface area contributed by atoms with Crippen molar-refractivity contribution in [2.24, 2.45) is 0 Å². The Labute approximate surface area is 130 Å². The van der Waals surface area contributed by atoms with Crippen LogP contribution in [0.2, 0.25) is 0 Å². The second kappa shape index (κ2) is 7.02. The molecule has 8 heteroatoms. The minimum atomic E-state index is -0.434. The molecule has 0 aliphatic carbocycles. The zero-order valence-electron chi connectivity index (χ0n) is 11.2. The van der Waals surface area contributed by atoms with E-state index in [0.717, 1.165) is 3.57 Å². The Balaban J connectivity index is 1.80. The molecule has 1 fully saturated rings. The lowest BCUT2D eigenvalue weighted by Crippen LogP contribution is -2.46. The van der Waals surface area contributed by atoms with Crippen LogP contribution in [-0.2, 0) is 14.3 Å². The van der Waals surface area contributed by atoms with E-state index in [9.17, 15) is 9.59 Å². The lowest BCUT2D eigenvalue weighted by Gasteiger charge is -2.27. The number of amides is 2. The number of ether oxygens (including phenoxy) is 1. The van der Waals surface area contributed by atoms with Crippen LogP contribution in [-0.4, -0.2) is 59.3 Å². The number of halogens is 1. The monoisotopic (exact) mass is 392 g/mol. The van der Waals surface area contributed by atoms with Crippen molar-refractivity contribution in [2.75, 3.05) is 32.8 Å². The summed E-state index contributed by atoms with van der Waals surface area (Å²) in [4.78, 5) is 25.6. The van der Waals surface area contributed by atoms with Crippen LogP contribution in [0.25, 0.3) is 0 Å². The molecule has 1 aliphatic rings. The highest BCUT2D eigenvalue weighted by Crippen LogP contribution is 2.08. The van der Waals surface area contributed by atoms with E-state index >= 15 is 0 Å². The van der Waals surface area contributed by atoms with Gasteiger partial charge in [0, 0.05) is 19.3 Å². The summed E-state index contributed by atoms with van der Waals surface area (Å²) in [7, 11) is 0. The van der Waals surface area contributed by atoms with Crippen molar-refractivity contribution in [3.05, 3.63) is 16.0 Å². The molecule has 1 aliphatic heterocycles. The lowest BCUT2D eigenvalue weighted by molar-refractivity contribution is -0.136. The van der Waals surface area contributed by atoms with E-state index in [2.05, 4.69) is 33.0 Å². The molecule has 2 amide bonds. The first kappa shape index (κ1) is 15.2. The van der Waals surface area contributed by atoms with Crippen molar-refractivity contribution in [1.29, 1.82) is 0 Å². The third kappa shape index (κ3) is 3.92. The Hall–Kier alpha value is -1.16. The smallest absolute Gasteiger partial charge is 0.245 e. The van der Waals surface area contributed by atoms with Gasteiger partial charge in [-0.2, -0.15) is 5.10 Å². The van der Waals surface area contributed by atoms with E-state index < -0.39 is 6.04 Å². The molecule has 1 aromatic rings. The summed E-state index contributed by atoms with van der Waals surface area (Å²) in [5, 5.41) is 6.74. The van der Waals surface area contributed by atoms with E-state index in [1.807, 2.05) is 0 Å². The number of aromatic nitrogens is 2. The van der Waals surface area contributed by atoms with Gasteiger partial charge in [0.2, 0.25) is 11.8 Å². The first-order chi connectivity index (χ1) is 9.58. The zero-order chi connectivity index (χ0) is 14.5. The van der Waals surface area contributed by atoms with Crippen LogP contribution in [0.3, 0.4) is 0 Å². The first-order valence-corrected chi connectivity index (χ1v) is 7.48. The summed E-state index contributed by atoms with van der Waals surface area (Å²) in [6, 6.07) is -0.434. The highest BCUT2D eigenvalue weighted by Gasteiger charge is 2.20. The molecule has 0 aromatic carbocycles. The van der Waals surface area contributed by atoms with Crippen molar-refractivity contribution >= 4 is 34.4 Å². The van der Waals surface area contributed by atoms with Crippen LogP contribution >= 0.6 is 22.6 Å². The Bertz CT molecular complexity index is 485. The molecule has 0 spiro atoms. The van der Waals surface area contributed by atoms with Gasteiger partial charge >= 0.3 is 0 Å². The van der Waals surface area contributed by atoms with Gasteiger partial charge in [-0.05, 0) is 29.5 Å². The van der Waals surface area contributed by atoms with Crippen molar-refractivity contribution < 1.29 is 14.3 Å². The van der Waals surface area contributed by atoms with Gasteiger partial charge in [0.25, 0.3) is 0 Å². The molecule has 7 nitrogen and oxygen atoms in total. The molecule has 1 atom stereocenters. The Morgan fingerprint density at radius 1 is 1.50 bits per heavy atom. The number of nitrogens with one attached hydrogen (secondary N) is 1. The third-order valence-electron chi connectivity index (χ3n) is 3.12.